The number of hydrogen-bond donors (Lipinski definition) is 1. The van der Waals surface area contributed by atoms with Crippen molar-refractivity contribution in [3.63, 3.8) is 0 Å². The number of carbonyl (C=O) groups is 1. The van der Waals surface area contributed by atoms with Crippen molar-refractivity contribution >= 4 is 11.6 Å². The van der Waals surface area contributed by atoms with Gasteiger partial charge in [-0.05, 0) is 37.0 Å². The molecular formula is C21H26N2O. The fraction of sp³-hybridized carbons (Fsp3) is 0.381. The van der Waals surface area contributed by atoms with Gasteiger partial charge in [0.15, 0.2) is 0 Å². The third-order valence-electron chi connectivity index (χ3n) is 4.91. The first-order valence-electron chi connectivity index (χ1n) is 8.78. The Morgan fingerprint density at radius 3 is 2.58 bits per heavy atom. The number of hydrogen-bond acceptors (Lipinski definition) is 2. The van der Waals surface area contributed by atoms with Crippen LogP contribution in [0.2, 0.25) is 0 Å². The van der Waals surface area contributed by atoms with Crippen molar-refractivity contribution in [2.45, 2.75) is 26.2 Å². The van der Waals surface area contributed by atoms with Gasteiger partial charge in [0.1, 0.15) is 0 Å². The minimum Gasteiger partial charge on any atom is -0.371 e. The molecule has 0 spiro atoms. The zero-order valence-electron chi connectivity index (χ0n) is 14.5. The lowest BCUT2D eigenvalue weighted by Gasteiger charge is -2.19. The Hall–Kier alpha value is -2.29. The van der Waals surface area contributed by atoms with Gasteiger partial charge in [-0.3, -0.25) is 4.79 Å². The number of para-hydroxylation sites is 1. The summed E-state index contributed by atoms with van der Waals surface area (Å²) in [7, 11) is 0. The molecule has 1 fully saturated rings. The average Bonchev–Trinajstić information content (AvgIpc) is 3.11. The third kappa shape index (κ3) is 3.97. The predicted octanol–water partition coefficient (Wildman–Crippen LogP) is 3.74. The van der Waals surface area contributed by atoms with E-state index in [9.17, 15) is 4.79 Å². The maximum absolute atomic E-state index is 12.5. The van der Waals surface area contributed by atoms with E-state index in [-0.39, 0.29) is 11.8 Å². The number of aryl methyl sites for hydroxylation is 1. The van der Waals surface area contributed by atoms with Crippen LogP contribution in [0.25, 0.3) is 0 Å². The molecule has 2 unspecified atom stereocenters. The number of nitrogens with zero attached hydrogens (tertiary/aromatic N) is 1. The first kappa shape index (κ1) is 16.6. The summed E-state index contributed by atoms with van der Waals surface area (Å²) in [5.74, 6) is 0.615. The average molecular weight is 322 g/mol. The van der Waals surface area contributed by atoms with Crippen LogP contribution in [0.3, 0.4) is 0 Å². The Balaban J connectivity index is 1.50. The Kier molecular flexibility index (Phi) is 5.19. The van der Waals surface area contributed by atoms with Crippen molar-refractivity contribution in [2.24, 2.45) is 5.92 Å². The summed E-state index contributed by atoms with van der Waals surface area (Å²) in [5.41, 5.74) is 3.75. The summed E-state index contributed by atoms with van der Waals surface area (Å²) in [4.78, 5) is 14.8. The zero-order valence-corrected chi connectivity index (χ0v) is 14.5. The minimum atomic E-state index is 0.0930. The second-order valence-electron chi connectivity index (χ2n) is 6.82. The fourth-order valence-corrected chi connectivity index (χ4v) is 3.26. The van der Waals surface area contributed by atoms with E-state index in [1.807, 2.05) is 18.2 Å². The highest BCUT2D eigenvalue weighted by molar-refractivity contribution is 5.80. The number of amides is 1. The van der Waals surface area contributed by atoms with Crippen LogP contribution in [0.15, 0.2) is 54.6 Å². The summed E-state index contributed by atoms with van der Waals surface area (Å²) in [5, 5.41) is 3.14. The highest BCUT2D eigenvalue weighted by Crippen LogP contribution is 2.23. The van der Waals surface area contributed by atoms with Crippen molar-refractivity contribution in [1.82, 2.24) is 5.32 Å². The second-order valence-corrected chi connectivity index (χ2v) is 6.82. The lowest BCUT2D eigenvalue weighted by Crippen LogP contribution is -2.34. The number of benzene rings is 2. The number of carbonyl (C=O) groups excluding carboxylic acids is 1. The lowest BCUT2D eigenvalue weighted by molar-refractivity contribution is -0.124. The van der Waals surface area contributed by atoms with Crippen molar-refractivity contribution < 1.29 is 4.79 Å². The van der Waals surface area contributed by atoms with Gasteiger partial charge < -0.3 is 10.2 Å². The number of nitrogens with one attached hydrogen (secondary N) is 1. The van der Waals surface area contributed by atoms with Crippen LogP contribution in [0.5, 0.6) is 0 Å². The van der Waals surface area contributed by atoms with Crippen LogP contribution >= 0.6 is 0 Å². The molecule has 1 saturated heterocycles. The molecule has 0 aromatic heterocycles. The molecule has 1 aliphatic rings. The van der Waals surface area contributed by atoms with E-state index in [0.29, 0.717) is 12.5 Å². The quantitative estimate of drug-likeness (QED) is 0.909. The van der Waals surface area contributed by atoms with Crippen LogP contribution in [-0.2, 0) is 4.79 Å². The van der Waals surface area contributed by atoms with Crippen LogP contribution < -0.4 is 10.2 Å². The molecule has 1 N–H and O–H groups in total. The smallest absolute Gasteiger partial charge is 0.224 e. The van der Waals surface area contributed by atoms with E-state index in [2.05, 4.69) is 60.5 Å². The van der Waals surface area contributed by atoms with Gasteiger partial charge in [-0.25, -0.2) is 0 Å². The van der Waals surface area contributed by atoms with E-state index >= 15 is 0 Å². The standard InChI is InChI=1S/C21H26N2O/c1-16-8-10-18(11-9-16)17(2)14-22-21(24)19-12-13-23(15-19)20-6-4-3-5-7-20/h3-11,17,19H,12-15H2,1-2H3,(H,22,24). The normalized spacial score (nSPS) is 18.4. The van der Waals surface area contributed by atoms with Gasteiger partial charge in [-0.1, -0.05) is 55.0 Å². The number of rotatable bonds is 5. The predicted molar refractivity (Wildman–Crippen MR) is 99.4 cm³/mol. The molecule has 1 aliphatic heterocycles. The Morgan fingerprint density at radius 1 is 1.17 bits per heavy atom. The molecule has 1 amide bonds. The summed E-state index contributed by atoms with van der Waals surface area (Å²) >= 11 is 0. The molecule has 3 nitrogen and oxygen atoms in total. The topological polar surface area (TPSA) is 32.3 Å². The fourth-order valence-electron chi connectivity index (χ4n) is 3.26. The molecule has 2 atom stereocenters. The molecule has 126 valence electrons. The molecule has 3 heteroatoms. The molecule has 0 aliphatic carbocycles. The summed E-state index contributed by atoms with van der Waals surface area (Å²) in [6.07, 6.45) is 0.930. The van der Waals surface area contributed by atoms with Gasteiger partial charge in [0.25, 0.3) is 0 Å². The van der Waals surface area contributed by atoms with E-state index < -0.39 is 0 Å². The van der Waals surface area contributed by atoms with E-state index in [4.69, 9.17) is 0 Å². The molecule has 1 heterocycles. The van der Waals surface area contributed by atoms with Gasteiger partial charge in [-0.2, -0.15) is 0 Å². The van der Waals surface area contributed by atoms with Crippen LogP contribution in [0.1, 0.15) is 30.4 Å². The minimum absolute atomic E-state index is 0.0930. The van der Waals surface area contributed by atoms with Crippen LogP contribution in [0, 0.1) is 12.8 Å². The lowest BCUT2D eigenvalue weighted by atomic mass is 9.99. The monoisotopic (exact) mass is 322 g/mol. The summed E-state index contributed by atoms with van der Waals surface area (Å²) in [6.45, 7) is 6.72. The zero-order chi connectivity index (χ0) is 16.9. The van der Waals surface area contributed by atoms with Crippen molar-refractivity contribution in [1.29, 1.82) is 0 Å². The first-order chi connectivity index (χ1) is 11.6. The summed E-state index contributed by atoms with van der Waals surface area (Å²) < 4.78 is 0. The molecule has 0 bridgehead atoms. The van der Waals surface area contributed by atoms with E-state index in [1.54, 1.807) is 0 Å². The summed E-state index contributed by atoms with van der Waals surface area (Å²) in [6, 6.07) is 18.9. The molecule has 2 aromatic rings. The maximum Gasteiger partial charge on any atom is 0.224 e. The first-order valence-corrected chi connectivity index (χ1v) is 8.78. The highest BCUT2D eigenvalue weighted by atomic mass is 16.1. The van der Waals surface area contributed by atoms with Gasteiger partial charge in [0.2, 0.25) is 5.91 Å². The van der Waals surface area contributed by atoms with Crippen molar-refractivity contribution in [3.05, 3.63) is 65.7 Å². The third-order valence-corrected chi connectivity index (χ3v) is 4.91. The maximum atomic E-state index is 12.5. The van der Waals surface area contributed by atoms with Crippen LogP contribution in [0.4, 0.5) is 5.69 Å². The van der Waals surface area contributed by atoms with Gasteiger partial charge in [-0.15, -0.1) is 0 Å². The number of anilines is 1. The highest BCUT2D eigenvalue weighted by Gasteiger charge is 2.28. The van der Waals surface area contributed by atoms with Crippen LogP contribution in [-0.4, -0.2) is 25.5 Å². The van der Waals surface area contributed by atoms with Gasteiger partial charge in [0.05, 0.1) is 5.92 Å². The SMILES string of the molecule is Cc1ccc(C(C)CNC(=O)C2CCN(c3ccccc3)C2)cc1. The molecule has 3 rings (SSSR count). The Labute approximate surface area is 144 Å². The molecule has 2 aromatic carbocycles. The van der Waals surface area contributed by atoms with Crippen molar-refractivity contribution in [3.8, 4) is 0 Å². The van der Waals surface area contributed by atoms with E-state index in [0.717, 1.165) is 19.5 Å². The largest absolute Gasteiger partial charge is 0.371 e. The van der Waals surface area contributed by atoms with Gasteiger partial charge >= 0.3 is 0 Å². The Bertz CT molecular complexity index is 666. The molecule has 0 saturated carbocycles. The van der Waals surface area contributed by atoms with Crippen molar-refractivity contribution in [2.75, 3.05) is 24.5 Å². The second kappa shape index (κ2) is 7.52. The van der Waals surface area contributed by atoms with Gasteiger partial charge in [0, 0.05) is 25.3 Å². The molecular weight excluding hydrogens is 296 g/mol. The molecule has 24 heavy (non-hydrogen) atoms. The Morgan fingerprint density at radius 2 is 1.88 bits per heavy atom. The molecule has 0 radical (unpaired) electrons. The van der Waals surface area contributed by atoms with E-state index in [1.165, 1.54) is 16.8 Å².